The van der Waals surface area contributed by atoms with Crippen LogP contribution in [-0.2, 0) is 13.6 Å². The molecule has 0 aliphatic carbocycles. The number of hydrogen-bond acceptors (Lipinski definition) is 3. The average molecular weight is 323 g/mol. The van der Waals surface area contributed by atoms with Crippen LogP contribution >= 0.6 is 15.9 Å². The molecule has 0 radical (unpaired) electrons. The number of hydrogen-bond donors (Lipinski definition) is 2. The number of aryl methyl sites for hydroxylation is 1. The van der Waals surface area contributed by atoms with Crippen molar-refractivity contribution in [3.05, 3.63) is 40.0 Å². The number of nitrogens with two attached hydrogens (primary N) is 1. The van der Waals surface area contributed by atoms with Gasteiger partial charge in [0.1, 0.15) is 5.82 Å². The first kappa shape index (κ1) is 13.9. The smallest absolute Gasteiger partial charge is 0.148 e. The van der Waals surface area contributed by atoms with Crippen molar-refractivity contribution in [1.82, 2.24) is 9.78 Å². The molecule has 0 fully saturated rings. The molecular formula is C14H19BrN4. The average Bonchev–Trinajstić information content (AvgIpc) is 2.63. The largest absolute Gasteiger partial charge is 0.394 e. The molecular weight excluding hydrogens is 304 g/mol. The number of anilines is 2. The third-order valence-corrected chi connectivity index (χ3v) is 3.50. The highest BCUT2D eigenvalue weighted by Crippen LogP contribution is 2.28. The lowest BCUT2D eigenvalue weighted by Gasteiger charge is -2.08. The zero-order valence-electron chi connectivity index (χ0n) is 11.4. The van der Waals surface area contributed by atoms with Gasteiger partial charge in [0.05, 0.1) is 11.4 Å². The molecule has 0 unspecified atom stereocenters. The fourth-order valence-electron chi connectivity index (χ4n) is 2.03. The predicted octanol–water partition coefficient (Wildman–Crippen LogP) is 3.50. The van der Waals surface area contributed by atoms with Gasteiger partial charge in [-0.05, 0) is 23.6 Å². The summed E-state index contributed by atoms with van der Waals surface area (Å²) in [7, 11) is 1.91. The van der Waals surface area contributed by atoms with Gasteiger partial charge in [0.2, 0.25) is 0 Å². The molecule has 19 heavy (non-hydrogen) atoms. The topological polar surface area (TPSA) is 55.9 Å². The molecule has 2 rings (SSSR count). The van der Waals surface area contributed by atoms with Gasteiger partial charge in [-0.2, -0.15) is 5.10 Å². The van der Waals surface area contributed by atoms with E-state index in [0.29, 0.717) is 5.92 Å². The van der Waals surface area contributed by atoms with Crippen LogP contribution in [0.1, 0.15) is 31.0 Å². The summed E-state index contributed by atoms with van der Waals surface area (Å²) in [5.74, 6) is 1.20. The minimum absolute atomic E-state index is 0.326. The lowest BCUT2D eigenvalue weighted by Crippen LogP contribution is -2.06. The van der Waals surface area contributed by atoms with E-state index in [1.807, 2.05) is 23.9 Å². The summed E-state index contributed by atoms with van der Waals surface area (Å²) in [6.45, 7) is 4.91. The van der Waals surface area contributed by atoms with Crippen LogP contribution in [0.5, 0.6) is 0 Å². The summed E-state index contributed by atoms with van der Waals surface area (Å²) in [6, 6.07) is 8.20. The van der Waals surface area contributed by atoms with Gasteiger partial charge in [-0.1, -0.05) is 41.9 Å². The standard InChI is InChI=1S/C14H19BrN4/c1-9(2)13-12(16)14(19(3)18-13)17-8-10-5-4-6-11(15)7-10/h4-7,9,17H,8,16H2,1-3H3. The summed E-state index contributed by atoms with van der Waals surface area (Å²) in [4.78, 5) is 0. The summed E-state index contributed by atoms with van der Waals surface area (Å²) < 4.78 is 2.88. The number of halogens is 1. The van der Waals surface area contributed by atoms with Gasteiger partial charge in [0.15, 0.2) is 0 Å². The van der Waals surface area contributed by atoms with Crippen molar-refractivity contribution in [3.8, 4) is 0 Å². The Morgan fingerprint density at radius 2 is 2.16 bits per heavy atom. The van der Waals surface area contributed by atoms with Crippen molar-refractivity contribution >= 4 is 27.4 Å². The minimum atomic E-state index is 0.326. The van der Waals surface area contributed by atoms with Gasteiger partial charge in [-0.3, -0.25) is 4.68 Å². The Morgan fingerprint density at radius 1 is 1.42 bits per heavy atom. The second-order valence-electron chi connectivity index (χ2n) is 4.91. The molecule has 0 bridgehead atoms. The van der Waals surface area contributed by atoms with E-state index in [0.717, 1.165) is 28.2 Å². The highest BCUT2D eigenvalue weighted by molar-refractivity contribution is 9.10. The molecule has 0 saturated carbocycles. The van der Waals surface area contributed by atoms with Gasteiger partial charge < -0.3 is 11.1 Å². The number of nitrogens with zero attached hydrogens (tertiary/aromatic N) is 2. The molecule has 0 aliphatic heterocycles. The van der Waals surface area contributed by atoms with Crippen LogP contribution in [0.4, 0.5) is 11.5 Å². The Balaban J connectivity index is 2.16. The minimum Gasteiger partial charge on any atom is -0.394 e. The van der Waals surface area contributed by atoms with E-state index in [-0.39, 0.29) is 0 Å². The van der Waals surface area contributed by atoms with Gasteiger partial charge in [0, 0.05) is 18.1 Å². The fraction of sp³-hybridized carbons (Fsp3) is 0.357. The maximum atomic E-state index is 6.14. The molecule has 4 nitrogen and oxygen atoms in total. The molecule has 0 spiro atoms. The molecule has 0 saturated heterocycles. The van der Waals surface area contributed by atoms with E-state index in [9.17, 15) is 0 Å². The Hall–Kier alpha value is -1.49. The van der Waals surface area contributed by atoms with Crippen molar-refractivity contribution < 1.29 is 0 Å². The van der Waals surface area contributed by atoms with Crippen LogP contribution in [-0.4, -0.2) is 9.78 Å². The molecule has 102 valence electrons. The first-order chi connectivity index (χ1) is 8.99. The Morgan fingerprint density at radius 3 is 2.74 bits per heavy atom. The van der Waals surface area contributed by atoms with E-state index >= 15 is 0 Å². The van der Waals surface area contributed by atoms with Gasteiger partial charge in [-0.15, -0.1) is 0 Å². The second kappa shape index (κ2) is 5.65. The highest BCUT2D eigenvalue weighted by Gasteiger charge is 2.15. The first-order valence-electron chi connectivity index (χ1n) is 6.29. The SMILES string of the molecule is CC(C)c1nn(C)c(NCc2cccc(Br)c2)c1N. The maximum Gasteiger partial charge on any atom is 0.148 e. The highest BCUT2D eigenvalue weighted by atomic mass is 79.9. The summed E-state index contributed by atoms with van der Waals surface area (Å²) in [6.07, 6.45) is 0. The molecule has 1 heterocycles. The zero-order valence-corrected chi connectivity index (χ0v) is 13.0. The molecule has 1 aromatic carbocycles. The zero-order chi connectivity index (χ0) is 14.0. The summed E-state index contributed by atoms with van der Waals surface area (Å²) in [5.41, 5.74) is 9.03. The van der Waals surface area contributed by atoms with E-state index in [1.54, 1.807) is 0 Å². The van der Waals surface area contributed by atoms with E-state index in [1.165, 1.54) is 5.56 Å². The monoisotopic (exact) mass is 322 g/mol. The number of nitrogens with one attached hydrogen (secondary N) is 1. The molecule has 0 amide bonds. The molecule has 0 aliphatic rings. The van der Waals surface area contributed by atoms with Crippen molar-refractivity contribution in [1.29, 1.82) is 0 Å². The summed E-state index contributed by atoms with van der Waals surface area (Å²) >= 11 is 3.47. The third kappa shape index (κ3) is 3.10. The van der Waals surface area contributed by atoms with Crippen LogP contribution in [0.15, 0.2) is 28.7 Å². The van der Waals surface area contributed by atoms with Crippen molar-refractivity contribution in [2.75, 3.05) is 11.1 Å². The fourth-order valence-corrected chi connectivity index (χ4v) is 2.48. The van der Waals surface area contributed by atoms with Crippen LogP contribution in [0.25, 0.3) is 0 Å². The maximum absolute atomic E-state index is 6.14. The number of benzene rings is 1. The second-order valence-corrected chi connectivity index (χ2v) is 5.82. The van der Waals surface area contributed by atoms with Crippen molar-refractivity contribution in [2.45, 2.75) is 26.3 Å². The van der Waals surface area contributed by atoms with Crippen molar-refractivity contribution in [2.24, 2.45) is 7.05 Å². The Labute approximate surface area is 122 Å². The molecule has 1 aromatic heterocycles. The van der Waals surface area contributed by atoms with E-state index in [2.05, 4.69) is 52.3 Å². The van der Waals surface area contributed by atoms with Crippen LogP contribution in [0.3, 0.4) is 0 Å². The van der Waals surface area contributed by atoms with Crippen LogP contribution in [0.2, 0.25) is 0 Å². The first-order valence-corrected chi connectivity index (χ1v) is 7.09. The summed E-state index contributed by atoms with van der Waals surface area (Å²) in [5, 5.41) is 7.81. The van der Waals surface area contributed by atoms with Crippen LogP contribution < -0.4 is 11.1 Å². The normalized spacial score (nSPS) is 11.0. The number of rotatable bonds is 4. The van der Waals surface area contributed by atoms with Gasteiger partial charge in [-0.25, -0.2) is 0 Å². The molecule has 5 heteroatoms. The van der Waals surface area contributed by atoms with E-state index < -0.39 is 0 Å². The predicted molar refractivity (Wildman–Crippen MR) is 83.2 cm³/mol. The van der Waals surface area contributed by atoms with Crippen molar-refractivity contribution in [3.63, 3.8) is 0 Å². The van der Waals surface area contributed by atoms with Gasteiger partial charge >= 0.3 is 0 Å². The van der Waals surface area contributed by atoms with E-state index in [4.69, 9.17) is 5.73 Å². The third-order valence-electron chi connectivity index (χ3n) is 3.01. The Bertz CT molecular complexity index is 575. The molecule has 3 N–H and O–H groups in total. The molecule has 2 aromatic rings. The lowest BCUT2D eigenvalue weighted by molar-refractivity contribution is 0.715. The van der Waals surface area contributed by atoms with Gasteiger partial charge in [0.25, 0.3) is 0 Å². The van der Waals surface area contributed by atoms with Crippen LogP contribution in [0, 0.1) is 0 Å². The molecule has 0 atom stereocenters. The quantitative estimate of drug-likeness (QED) is 0.905. The number of aromatic nitrogens is 2. The lowest BCUT2D eigenvalue weighted by atomic mass is 10.1. The Kier molecular flexibility index (Phi) is 4.14. The number of nitrogen functional groups attached to an aromatic ring is 1.